The number of ether oxygens (including phenoxy) is 8. The summed E-state index contributed by atoms with van der Waals surface area (Å²) in [5.74, 6) is 0.740. The number of methoxy groups -OCH3 is 2. The fraction of sp³-hybridized carbons (Fsp3) is 0.536. The maximum atomic E-state index is 14.0. The number of carbonyl (C=O) groups is 1. The number of hydrogen-bond donors (Lipinski definition) is 0. The SMILES string of the molecule is COCOc1ccc(C2OCC(C)CO2)cc1C(=O)c1cc(C2OCC(C)(C)CO2)ccc1OCOC. The number of hydrogen-bond acceptors (Lipinski definition) is 9. The van der Waals surface area contributed by atoms with Crippen LogP contribution in [0.5, 0.6) is 11.5 Å². The van der Waals surface area contributed by atoms with Crippen LogP contribution in [0.15, 0.2) is 36.4 Å². The lowest BCUT2D eigenvalue weighted by molar-refractivity contribution is -0.226. The van der Waals surface area contributed by atoms with Gasteiger partial charge in [-0.1, -0.05) is 32.9 Å². The molecule has 9 heteroatoms. The van der Waals surface area contributed by atoms with Gasteiger partial charge in [-0.25, -0.2) is 0 Å². The molecule has 0 amide bonds. The predicted molar refractivity (Wildman–Crippen MR) is 134 cm³/mol. The van der Waals surface area contributed by atoms with Gasteiger partial charge >= 0.3 is 0 Å². The van der Waals surface area contributed by atoms with Crippen LogP contribution in [0, 0.1) is 11.3 Å². The van der Waals surface area contributed by atoms with E-state index in [9.17, 15) is 4.79 Å². The Morgan fingerprint density at radius 3 is 1.73 bits per heavy atom. The molecule has 2 aromatic carbocycles. The third kappa shape index (κ3) is 6.87. The molecule has 0 saturated carbocycles. The van der Waals surface area contributed by atoms with Crippen molar-refractivity contribution in [2.24, 2.45) is 11.3 Å². The van der Waals surface area contributed by atoms with Crippen LogP contribution in [-0.2, 0) is 28.4 Å². The molecule has 2 heterocycles. The van der Waals surface area contributed by atoms with Gasteiger partial charge in [-0.15, -0.1) is 0 Å². The van der Waals surface area contributed by atoms with Crippen molar-refractivity contribution in [3.05, 3.63) is 58.7 Å². The Bertz CT molecular complexity index is 1050. The van der Waals surface area contributed by atoms with Crippen LogP contribution in [0.2, 0.25) is 0 Å². The fourth-order valence-corrected chi connectivity index (χ4v) is 4.06. The van der Waals surface area contributed by atoms with Gasteiger partial charge in [-0.05, 0) is 24.3 Å². The lowest BCUT2D eigenvalue weighted by Crippen LogP contribution is -2.33. The van der Waals surface area contributed by atoms with Gasteiger partial charge in [0.2, 0.25) is 5.78 Å². The molecule has 0 unspecified atom stereocenters. The summed E-state index contributed by atoms with van der Waals surface area (Å²) in [6.07, 6.45) is -1.15. The summed E-state index contributed by atoms with van der Waals surface area (Å²) in [7, 11) is 3.04. The average Bonchev–Trinajstić information content (AvgIpc) is 2.90. The Hall–Kier alpha value is -2.53. The van der Waals surface area contributed by atoms with E-state index in [0.717, 1.165) is 5.56 Å². The van der Waals surface area contributed by atoms with Crippen molar-refractivity contribution in [2.75, 3.05) is 54.2 Å². The summed E-state index contributed by atoms with van der Waals surface area (Å²) in [6, 6.07) is 10.6. The van der Waals surface area contributed by atoms with Gasteiger partial charge in [0.15, 0.2) is 26.2 Å². The fourth-order valence-electron chi connectivity index (χ4n) is 4.06. The monoisotopic (exact) mass is 516 g/mol. The normalized spacial score (nSPS) is 22.0. The van der Waals surface area contributed by atoms with Gasteiger partial charge in [0.05, 0.1) is 37.6 Å². The van der Waals surface area contributed by atoms with Crippen molar-refractivity contribution in [3.8, 4) is 11.5 Å². The molecule has 2 saturated heterocycles. The standard InChI is InChI=1S/C28H36O9/c1-18-12-32-26(33-13-18)19-6-8-23(36-16-30-4)21(10-19)25(29)22-11-20(7-9-24(22)37-17-31-5)27-34-14-28(2,3)15-35-27/h6-11,18,26-27H,12-17H2,1-5H3. The van der Waals surface area contributed by atoms with Gasteiger partial charge in [-0.3, -0.25) is 4.79 Å². The van der Waals surface area contributed by atoms with Crippen LogP contribution in [0.4, 0.5) is 0 Å². The second-order valence-electron chi connectivity index (χ2n) is 10.2. The Balaban J connectivity index is 1.69. The zero-order chi connectivity index (χ0) is 26.4. The van der Waals surface area contributed by atoms with Crippen LogP contribution in [-0.4, -0.2) is 60.0 Å². The molecule has 2 aliphatic rings. The highest BCUT2D eigenvalue weighted by Gasteiger charge is 2.31. The molecular formula is C28H36O9. The summed E-state index contributed by atoms with van der Waals surface area (Å²) in [5, 5.41) is 0. The van der Waals surface area contributed by atoms with Crippen molar-refractivity contribution >= 4 is 5.78 Å². The molecule has 4 rings (SSSR count). The van der Waals surface area contributed by atoms with Crippen LogP contribution in [0.25, 0.3) is 0 Å². The first-order chi connectivity index (χ1) is 17.8. The smallest absolute Gasteiger partial charge is 0.200 e. The van der Waals surface area contributed by atoms with Crippen LogP contribution in [0.1, 0.15) is 60.4 Å². The number of benzene rings is 2. The maximum Gasteiger partial charge on any atom is 0.200 e. The highest BCUT2D eigenvalue weighted by atomic mass is 16.7. The van der Waals surface area contributed by atoms with E-state index >= 15 is 0 Å². The number of ketones is 1. The molecule has 2 fully saturated rings. The van der Waals surface area contributed by atoms with Crippen molar-refractivity contribution in [2.45, 2.75) is 33.4 Å². The minimum atomic E-state index is -0.586. The van der Waals surface area contributed by atoms with Crippen molar-refractivity contribution in [1.29, 1.82) is 0 Å². The lowest BCUT2D eigenvalue weighted by atomic mass is 9.94. The van der Waals surface area contributed by atoms with Crippen LogP contribution >= 0.6 is 0 Å². The van der Waals surface area contributed by atoms with E-state index in [1.165, 1.54) is 14.2 Å². The Morgan fingerprint density at radius 1 is 0.811 bits per heavy atom. The summed E-state index contributed by atoms with van der Waals surface area (Å²) in [5.41, 5.74) is 2.01. The zero-order valence-electron chi connectivity index (χ0n) is 22.1. The van der Waals surface area contributed by atoms with Crippen molar-refractivity contribution in [1.82, 2.24) is 0 Å². The third-order valence-electron chi connectivity index (χ3n) is 6.02. The molecule has 0 aliphatic carbocycles. The average molecular weight is 517 g/mol. The van der Waals surface area contributed by atoms with Gasteiger partial charge in [0.25, 0.3) is 0 Å². The Kier molecular flexibility index (Phi) is 9.17. The highest BCUT2D eigenvalue weighted by Crippen LogP contribution is 2.36. The number of rotatable bonds is 10. The van der Waals surface area contributed by atoms with Gasteiger partial charge in [0.1, 0.15) is 11.5 Å². The summed E-state index contributed by atoms with van der Waals surface area (Å²) < 4.78 is 45.3. The van der Waals surface area contributed by atoms with Crippen LogP contribution in [0.3, 0.4) is 0 Å². The molecule has 0 N–H and O–H groups in total. The largest absolute Gasteiger partial charge is 0.467 e. The quantitative estimate of drug-likeness (QED) is 0.331. The maximum absolute atomic E-state index is 14.0. The lowest BCUT2D eigenvalue weighted by Gasteiger charge is -2.34. The summed E-state index contributed by atoms with van der Waals surface area (Å²) >= 11 is 0. The van der Waals surface area contributed by atoms with Crippen LogP contribution < -0.4 is 9.47 Å². The minimum absolute atomic E-state index is 0.0137. The first-order valence-corrected chi connectivity index (χ1v) is 12.3. The second kappa shape index (κ2) is 12.3. The summed E-state index contributed by atoms with van der Waals surface area (Å²) in [6.45, 7) is 8.42. The highest BCUT2D eigenvalue weighted by molar-refractivity contribution is 6.12. The molecule has 2 aromatic rings. The molecule has 0 radical (unpaired) electrons. The predicted octanol–water partition coefficient (Wildman–Crippen LogP) is 4.64. The topological polar surface area (TPSA) is 90.9 Å². The molecule has 0 spiro atoms. The summed E-state index contributed by atoms with van der Waals surface area (Å²) in [4.78, 5) is 14.0. The molecular weight excluding hydrogens is 480 g/mol. The van der Waals surface area contributed by atoms with E-state index in [2.05, 4.69) is 20.8 Å². The van der Waals surface area contributed by atoms with E-state index in [0.29, 0.717) is 60.5 Å². The second-order valence-corrected chi connectivity index (χ2v) is 10.2. The molecule has 2 aliphatic heterocycles. The van der Waals surface area contributed by atoms with E-state index < -0.39 is 12.6 Å². The molecule has 37 heavy (non-hydrogen) atoms. The molecule has 9 nitrogen and oxygen atoms in total. The Labute approximate surface area is 217 Å². The molecule has 0 atom stereocenters. The van der Waals surface area contributed by atoms with E-state index in [1.54, 1.807) is 24.3 Å². The van der Waals surface area contributed by atoms with Gasteiger partial charge in [0, 0.05) is 36.7 Å². The van der Waals surface area contributed by atoms with E-state index in [4.69, 9.17) is 37.9 Å². The zero-order valence-corrected chi connectivity index (χ0v) is 22.1. The van der Waals surface area contributed by atoms with Crippen molar-refractivity contribution < 1.29 is 42.7 Å². The molecule has 202 valence electrons. The van der Waals surface area contributed by atoms with Gasteiger partial charge in [-0.2, -0.15) is 0 Å². The molecule has 0 aromatic heterocycles. The first-order valence-electron chi connectivity index (χ1n) is 12.3. The first kappa shape index (κ1) is 27.5. The van der Waals surface area contributed by atoms with E-state index in [-0.39, 0.29) is 24.8 Å². The minimum Gasteiger partial charge on any atom is -0.467 e. The number of carbonyl (C=O) groups excluding carboxylic acids is 1. The van der Waals surface area contributed by atoms with Crippen molar-refractivity contribution in [3.63, 3.8) is 0 Å². The van der Waals surface area contributed by atoms with Gasteiger partial charge < -0.3 is 37.9 Å². The molecule has 0 bridgehead atoms. The Morgan fingerprint density at radius 2 is 1.27 bits per heavy atom. The van der Waals surface area contributed by atoms with E-state index in [1.807, 2.05) is 12.1 Å². The third-order valence-corrected chi connectivity index (χ3v) is 6.02.